The normalized spacial score (nSPS) is 10.7. The Labute approximate surface area is 121 Å². The smallest absolute Gasteiger partial charge is 0.231 e. The topological polar surface area (TPSA) is 64.9 Å². The maximum Gasteiger partial charge on any atom is 0.231 e. The van der Waals surface area contributed by atoms with Crippen LogP contribution < -0.4 is 5.73 Å². The van der Waals surface area contributed by atoms with Gasteiger partial charge in [-0.25, -0.2) is 0 Å². The second kappa shape index (κ2) is 5.35. The van der Waals surface area contributed by atoms with Crippen LogP contribution in [0.4, 0.5) is 5.69 Å². The van der Waals surface area contributed by atoms with Gasteiger partial charge in [0.25, 0.3) is 0 Å². The molecule has 0 amide bonds. The molecule has 2 N–H and O–H groups in total. The molecule has 0 saturated heterocycles. The van der Waals surface area contributed by atoms with Gasteiger partial charge in [0, 0.05) is 16.3 Å². The average molecular weight is 286 g/mol. The van der Waals surface area contributed by atoms with Crippen LogP contribution in [0, 0.1) is 0 Å². The van der Waals surface area contributed by atoms with Crippen molar-refractivity contribution in [3.63, 3.8) is 0 Å². The molecule has 0 fully saturated rings. The molecule has 2 aromatic carbocycles. The van der Waals surface area contributed by atoms with Crippen molar-refractivity contribution < 1.29 is 4.52 Å². The van der Waals surface area contributed by atoms with Gasteiger partial charge in [-0.05, 0) is 23.8 Å². The van der Waals surface area contributed by atoms with Crippen molar-refractivity contribution in [1.82, 2.24) is 10.1 Å². The highest BCUT2D eigenvalue weighted by Crippen LogP contribution is 2.21. The third-order valence-electron chi connectivity index (χ3n) is 2.91. The van der Waals surface area contributed by atoms with Crippen LogP contribution in [0.5, 0.6) is 0 Å². The molecule has 20 heavy (non-hydrogen) atoms. The lowest BCUT2D eigenvalue weighted by Crippen LogP contribution is -1.90. The Kier molecular flexibility index (Phi) is 3.39. The molecule has 0 aliphatic rings. The fourth-order valence-corrected chi connectivity index (χ4v) is 2.13. The Hall–Kier alpha value is -2.33. The van der Waals surface area contributed by atoms with E-state index < -0.39 is 0 Å². The Morgan fingerprint density at radius 1 is 1.10 bits per heavy atom. The highest BCUT2D eigenvalue weighted by molar-refractivity contribution is 6.31. The number of hydrogen-bond acceptors (Lipinski definition) is 4. The highest BCUT2D eigenvalue weighted by atomic mass is 35.5. The first kappa shape index (κ1) is 12.7. The van der Waals surface area contributed by atoms with Gasteiger partial charge < -0.3 is 10.3 Å². The van der Waals surface area contributed by atoms with Crippen molar-refractivity contribution in [3.8, 4) is 11.4 Å². The molecule has 0 unspecified atom stereocenters. The van der Waals surface area contributed by atoms with Crippen LogP contribution in [0.1, 0.15) is 11.5 Å². The molecule has 1 aromatic heterocycles. The van der Waals surface area contributed by atoms with E-state index in [-0.39, 0.29) is 0 Å². The van der Waals surface area contributed by atoms with Gasteiger partial charge in [0.05, 0.1) is 6.42 Å². The fourth-order valence-electron chi connectivity index (χ4n) is 1.93. The summed E-state index contributed by atoms with van der Waals surface area (Å²) in [6.45, 7) is 0. The summed E-state index contributed by atoms with van der Waals surface area (Å²) in [4.78, 5) is 4.37. The van der Waals surface area contributed by atoms with Crippen molar-refractivity contribution in [2.45, 2.75) is 6.42 Å². The van der Waals surface area contributed by atoms with E-state index in [1.165, 1.54) is 0 Å². The minimum atomic E-state index is 0.509. The number of nitrogen functional groups attached to an aromatic ring is 1. The van der Waals surface area contributed by atoms with Crippen LogP contribution in [0.2, 0.25) is 5.02 Å². The first-order valence-corrected chi connectivity index (χ1v) is 6.52. The van der Waals surface area contributed by atoms with Gasteiger partial charge >= 0.3 is 0 Å². The number of benzene rings is 2. The maximum atomic E-state index is 6.11. The second-order valence-electron chi connectivity index (χ2n) is 4.41. The summed E-state index contributed by atoms with van der Waals surface area (Å²) in [5.41, 5.74) is 8.20. The number of anilines is 1. The standard InChI is InChI=1S/C15H12ClN3O/c16-13-7-2-1-4-10(13)9-14-18-15(19-20-14)11-5-3-6-12(17)8-11/h1-8H,9,17H2. The van der Waals surface area contributed by atoms with Gasteiger partial charge in [-0.1, -0.05) is 47.1 Å². The number of halogens is 1. The fraction of sp³-hybridized carbons (Fsp3) is 0.0667. The van der Waals surface area contributed by atoms with Crippen LogP contribution in [-0.2, 0) is 6.42 Å². The van der Waals surface area contributed by atoms with Crippen molar-refractivity contribution in [2.75, 3.05) is 5.73 Å². The van der Waals surface area contributed by atoms with Gasteiger partial charge in [0.15, 0.2) is 0 Å². The van der Waals surface area contributed by atoms with Crippen LogP contribution in [0.25, 0.3) is 11.4 Å². The molecular formula is C15H12ClN3O. The Bertz CT molecular complexity index is 739. The van der Waals surface area contributed by atoms with E-state index in [1.807, 2.05) is 48.5 Å². The van der Waals surface area contributed by atoms with Crippen LogP contribution in [0.15, 0.2) is 53.1 Å². The SMILES string of the molecule is Nc1cccc(-c2noc(Cc3ccccc3Cl)n2)c1. The number of nitrogens with zero attached hydrogens (tertiary/aromatic N) is 2. The number of rotatable bonds is 3. The third kappa shape index (κ3) is 2.65. The lowest BCUT2D eigenvalue weighted by Gasteiger charge is -1.99. The van der Waals surface area contributed by atoms with E-state index in [1.54, 1.807) is 0 Å². The molecule has 0 atom stereocenters. The zero-order valence-electron chi connectivity index (χ0n) is 10.6. The quantitative estimate of drug-likeness (QED) is 0.747. The summed E-state index contributed by atoms with van der Waals surface area (Å²) in [7, 11) is 0. The minimum absolute atomic E-state index is 0.509. The molecule has 0 aliphatic heterocycles. The first-order chi connectivity index (χ1) is 9.72. The Morgan fingerprint density at radius 2 is 1.95 bits per heavy atom. The lowest BCUT2D eigenvalue weighted by atomic mass is 10.1. The summed E-state index contributed by atoms with van der Waals surface area (Å²) in [6, 6.07) is 15.0. The molecule has 3 rings (SSSR count). The zero-order valence-corrected chi connectivity index (χ0v) is 11.3. The summed E-state index contributed by atoms with van der Waals surface area (Å²) in [5, 5.41) is 4.66. The van der Waals surface area contributed by atoms with E-state index in [2.05, 4.69) is 10.1 Å². The van der Waals surface area contributed by atoms with E-state index in [4.69, 9.17) is 21.9 Å². The van der Waals surface area contributed by atoms with Crippen molar-refractivity contribution in [3.05, 3.63) is 65.0 Å². The van der Waals surface area contributed by atoms with Crippen molar-refractivity contribution >= 4 is 17.3 Å². The first-order valence-electron chi connectivity index (χ1n) is 6.14. The third-order valence-corrected chi connectivity index (χ3v) is 3.28. The van der Waals surface area contributed by atoms with E-state index in [9.17, 15) is 0 Å². The largest absolute Gasteiger partial charge is 0.399 e. The Morgan fingerprint density at radius 3 is 2.75 bits per heavy atom. The molecule has 1 heterocycles. The Balaban J connectivity index is 1.86. The zero-order chi connectivity index (χ0) is 13.9. The van der Waals surface area contributed by atoms with E-state index in [0.717, 1.165) is 11.1 Å². The second-order valence-corrected chi connectivity index (χ2v) is 4.81. The summed E-state index contributed by atoms with van der Waals surface area (Å²) in [5.74, 6) is 1.05. The van der Waals surface area contributed by atoms with Crippen molar-refractivity contribution in [2.24, 2.45) is 0 Å². The summed E-state index contributed by atoms with van der Waals surface area (Å²) >= 11 is 6.11. The molecule has 0 saturated carbocycles. The van der Waals surface area contributed by atoms with Gasteiger partial charge in [-0.15, -0.1) is 0 Å². The van der Waals surface area contributed by atoms with Crippen LogP contribution in [-0.4, -0.2) is 10.1 Å². The van der Waals surface area contributed by atoms with Gasteiger partial charge in [-0.3, -0.25) is 0 Å². The van der Waals surface area contributed by atoms with Gasteiger partial charge in [0.1, 0.15) is 0 Å². The lowest BCUT2D eigenvalue weighted by molar-refractivity contribution is 0.386. The number of hydrogen-bond donors (Lipinski definition) is 1. The number of aromatic nitrogens is 2. The molecule has 4 nitrogen and oxygen atoms in total. The van der Waals surface area contributed by atoms with E-state index >= 15 is 0 Å². The predicted octanol–water partition coefficient (Wildman–Crippen LogP) is 3.56. The van der Waals surface area contributed by atoms with Gasteiger partial charge in [-0.2, -0.15) is 4.98 Å². The molecule has 5 heteroatoms. The maximum absolute atomic E-state index is 6.11. The van der Waals surface area contributed by atoms with E-state index in [0.29, 0.717) is 28.8 Å². The summed E-state index contributed by atoms with van der Waals surface area (Å²) < 4.78 is 5.26. The van der Waals surface area contributed by atoms with Crippen molar-refractivity contribution in [1.29, 1.82) is 0 Å². The van der Waals surface area contributed by atoms with Gasteiger partial charge in [0.2, 0.25) is 11.7 Å². The average Bonchev–Trinajstić information content (AvgIpc) is 2.90. The summed E-state index contributed by atoms with van der Waals surface area (Å²) in [6.07, 6.45) is 0.509. The monoisotopic (exact) mass is 285 g/mol. The highest BCUT2D eigenvalue weighted by Gasteiger charge is 2.10. The predicted molar refractivity (Wildman–Crippen MR) is 78.4 cm³/mol. The molecule has 100 valence electrons. The molecule has 0 spiro atoms. The van der Waals surface area contributed by atoms with Crippen LogP contribution >= 0.6 is 11.6 Å². The molecule has 3 aromatic rings. The number of nitrogens with two attached hydrogens (primary N) is 1. The molecule has 0 bridgehead atoms. The molecule has 0 aliphatic carbocycles. The minimum Gasteiger partial charge on any atom is -0.399 e. The van der Waals surface area contributed by atoms with Crippen LogP contribution in [0.3, 0.4) is 0 Å². The molecule has 0 radical (unpaired) electrons. The molecular weight excluding hydrogens is 274 g/mol.